The molecule has 2 aromatic rings. The van der Waals surface area contributed by atoms with Crippen LogP contribution in [0.2, 0.25) is 0 Å². The minimum atomic E-state index is 0.671. The Bertz CT molecular complexity index is 651. The van der Waals surface area contributed by atoms with Gasteiger partial charge < -0.3 is 14.2 Å². The molecule has 0 fully saturated rings. The molecule has 2 rings (SSSR count). The average molecular weight is 268 g/mol. The Kier molecular flexibility index (Phi) is 4.52. The van der Waals surface area contributed by atoms with E-state index in [0.717, 1.165) is 16.9 Å². The Balaban J connectivity index is 2.28. The molecular formula is C17H16O3. The zero-order valence-electron chi connectivity index (χ0n) is 11.8. The minimum Gasteiger partial charge on any atom is -0.497 e. The monoisotopic (exact) mass is 268 g/mol. The van der Waals surface area contributed by atoms with Crippen molar-refractivity contribution < 1.29 is 14.2 Å². The number of hydrogen-bond donors (Lipinski definition) is 0. The highest BCUT2D eigenvalue weighted by Crippen LogP contribution is 2.27. The van der Waals surface area contributed by atoms with E-state index in [1.807, 2.05) is 42.5 Å². The van der Waals surface area contributed by atoms with E-state index in [1.165, 1.54) is 0 Å². The van der Waals surface area contributed by atoms with E-state index in [9.17, 15) is 0 Å². The van der Waals surface area contributed by atoms with E-state index in [1.54, 1.807) is 21.3 Å². The van der Waals surface area contributed by atoms with Gasteiger partial charge in [0.2, 0.25) is 0 Å². The van der Waals surface area contributed by atoms with Crippen molar-refractivity contribution >= 4 is 0 Å². The van der Waals surface area contributed by atoms with Gasteiger partial charge in [-0.1, -0.05) is 17.9 Å². The van der Waals surface area contributed by atoms with Crippen LogP contribution >= 0.6 is 0 Å². The lowest BCUT2D eigenvalue weighted by Gasteiger charge is -2.06. The first kappa shape index (κ1) is 13.8. The Labute approximate surface area is 119 Å². The largest absolute Gasteiger partial charge is 0.497 e. The van der Waals surface area contributed by atoms with Crippen LogP contribution < -0.4 is 14.2 Å². The molecule has 0 spiro atoms. The van der Waals surface area contributed by atoms with Crippen molar-refractivity contribution in [2.24, 2.45) is 0 Å². The predicted molar refractivity (Wildman–Crippen MR) is 78.5 cm³/mol. The normalized spacial score (nSPS) is 9.35. The first-order valence-corrected chi connectivity index (χ1v) is 6.15. The molecule has 0 radical (unpaired) electrons. The maximum absolute atomic E-state index is 5.25. The Morgan fingerprint density at radius 1 is 0.700 bits per heavy atom. The van der Waals surface area contributed by atoms with Crippen molar-refractivity contribution in [3.63, 3.8) is 0 Å². The van der Waals surface area contributed by atoms with Crippen LogP contribution in [0.15, 0.2) is 42.5 Å². The van der Waals surface area contributed by atoms with E-state index in [-0.39, 0.29) is 0 Å². The van der Waals surface area contributed by atoms with Gasteiger partial charge in [-0.2, -0.15) is 0 Å². The number of rotatable bonds is 3. The fourth-order valence-corrected chi connectivity index (χ4v) is 1.76. The molecule has 0 saturated heterocycles. The van der Waals surface area contributed by atoms with Gasteiger partial charge in [-0.25, -0.2) is 0 Å². The zero-order chi connectivity index (χ0) is 14.4. The lowest BCUT2D eigenvalue weighted by molar-refractivity contribution is 0.355. The maximum atomic E-state index is 5.25. The summed E-state index contributed by atoms with van der Waals surface area (Å²) in [5.41, 5.74) is 1.77. The molecule has 0 atom stereocenters. The Morgan fingerprint density at radius 3 is 2.05 bits per heavy atom. The first-order valence-electron chi connectivity index (χ1n) is 6.15. The first-order chi connectivity index (χ1) is 9.76. The third-order valence-corrected chi connectivity index (χ3v) is 2.80. The molecule has 0 amide bonds. The lowest BCUT2D eigenvalue weighted by Crippen LogP contribution is -1.90. The van der Waals surface area contributed by atoms with E-state index < -0.39 is 0 Å². The summed E-state index contributed by atoms with van der Waals surface area (Å²) >= 11 is 0. The van der Waals surface area contributed by atoms with Crippen molar-refractivity contribution in [1.82, 2.24) is 0 Å². The van der Waals surface area contributed by atoms with Gasteiger partial charge in [-0.05, 0) is 36.4 Å². The topological polar surface area (TPSA) is 27.7 Å². The SMILES string of the molecule is COc1cccc(C#Cc2ccc(OC)c(OC)c2)c1. The number of hydrogen-bond acceptors (Lipinski definition) is 3. The standard InChI is InChI=1S/C17H16O3/c1-18-15-6-4-5-13(11-15)7-8-14-9-10-16(19-2)17(12-14)20-3/h4-6,9-12H,1-3H3. The summed E-state index contributed by atoms with van der Waals surface area (Å²) in [6.07, 6.45) is 0. The Hall–Kier alpha value is -2.60. The Morgan fingerprint density at radius 2 is 1.40 bits per heavy atom. The second-order valence-electron chi connectivity index (χ2n) is 4.05. The zero-order valence-corrected chi connectivity index (χ0v) is 11.8. The summed E-state index contributed by atoms with van der Waals surface area (Å²) in [4.78, 5) is 0. The minimum absolute atomic E-state index is 0.671. The third kappa shape index (κ3) is 3.24. The molecule has 0 aromatic heterocycles. The molecule has 3 heteroatoms. The summed E-state index contributed by atoms with van der Waals surface area (Å²) in [5.74, 6) is 8.36. The van der Waals surface area contributed by atoms with Gasteiger partial charge in [0.05, 0.1) is 21.3 Å². The number of benzene rings is 2. The van der Waals surface area contributed by atoms with E-state index in [4.69, 9.17) is 14.2 Å². The highest BCUT2D eigenvalue weighted by molar-refractivity contribution is 5.51. The van der Waals surface area contributed by atoms with Crippen LogP contribution in [-0.4, -0.2) is 21.3 Å². The molecule has 20 heavy (non-hydrogen) atoms. The van der Waals surface area contributed by atoms with Crippen molar-refractivity contribution in [3.8, 4) is 29.1 Å². The summed E-state index contributed by atoms with van der Waals surface area (Å²) < 4.78 is 15.6. The number of methoxy groups -OCH3 is 3. The third-order valence-electron chi connectivity index (χ3n) is 2.80. The molecule has 0 N–H and O–H groups in total. The van der Waals surface area contributed by atoms with Crippen LogP contribution in [0.4, 0.5) is 0 Å². The van der Waals surface area contributed by atoms with Crippen LogP contribution in [0.5, 0.6) is 17.2 Å². The summed E-state index contributed by atoms with van der Waals surface area (Å²) in [6, 6.07) is 13.2. The molecule has 3 nitrogen and oxygen atoms in total. The van der Waals surface area contributed by atoms with Gasteiger partial charge in [0.1, 0.15) is 5.75 Å². The van der Waals surface area contributed by atoms with Crippen molar-refractivity contribution in [2.75, 3.05) is 21.3 Å². The predicted octanol–water partition coefficient (Wildman–Crippen LogP) is 3.11. The lowest BCUT2D eigenvalue weighted by atomic mass is 10.1. The number of ether oxygens (including phenoxy) is 3. The fourth-order valence-electron chi connectivity index (χ4n) is 1.76. The molecule has 102 valence electrons. The van der Waals surface area contributed by atoms with Gasteiger partial charge in [-0.3, -0.25) is 0 Å². The molecule has 0 bridgehead atoms. The second kappa shape index (κ2) is 6.53. The molecule has 2 aromatic carbocycles. The fraction of sp³-hybridized carbons (Fsp3) is 0.176. The molecule has 0 unspecified atom stereocenters. The van der Waals surface area contributed by atoms with E-state index in [2.05, 4.69) is 11.8 Å². The van der Waals surface area contributed by atoms with Gasteiger partial charge in [0.15, 0.2) is 11.5 Å². The van der Waals surface area contributed by atoms with Crippen molar-refractivity contribution in [1.29, 1.82) is 0 Å². The van der Waals surface area contributed by atoms with Crippen molar-refractivity contribution in [3.05, 3.63) is 53.6 Å². The van der Waals surface area contributed by atoms with Crippen LogP contribution in [0.25, 0.3) is 0 Å². The van der Waals surface area contributed by atoms with Crippen LogP contribution in [0, 0.1) is 11.8 Å². The summed E-state index contributed by atoms with van der Waals surface area (Å²) in [6.45, 7) is 0. The molecule has 0 aliphatic rings. The average Bonchev–Trinajstić information content (AvgIpc) is 2.52. The van der Waals surface area contributed by atoms with Crippen molar-refractivity contribution in [2.45, 2.75) is 0 Å². The highest BCUT2D eigenvalue weighted by Gasteiger charge is 2.02. The highest BCUT2D eigenvalue weighted by atomic mass is 16.5. The molecule has 0 aliphatic heterocycles. The van der Waals surface area contributed by atoms with E-state index in [0.29, 0.717) is 11.5 Å². The second-order valence-corrected chi connectivity index (χ2v) is 4.05. The van der Waals surface area contributed by atoms with Crippen LogP contribution in [-0.2, 0) is 0 Å². The molecule has 0 heterocycles. The molecule has 0 aliphatic carbocycles. The van der Waals surface area contributed by atoms with Gasteiger partial charge in [0, 0.05) is 11.1 Å². The van der Waals surface area contributed by atoms with Crippen LogP contribution in [0.1, 0.15) is 11.1 Å². The van der Waals surface area contributed by atoms with E-state index >= 15 is 0 Å². The molecular weight excluding hydrogens is 252 g/mol. The van der Waals surface area contributed by atoms with Gasteiger partial charge in [-0.15, -0.1) is 0 Å². The maximum Gasteiger partial charge on any atom is 0.161 e. The van der Waals surface area contributed by atoms with Crippen LogP contribution in [0.3, 0.4) is 0 Å². The smallest absolute Gasteiger partial charge is 0.161 e. The van der Waals surface area contributed by atoms with Gasteiger partial charge in [0.25, 0.3) is 0 Å². The van der Waals surface area contributed by atoms with Gasteiger partial charge >= 0.3 is 0 Å². The molecule has 0 saturated carbocycles. The quantitative estimate of drug-likeness (QED) is 0.800. The summed E-state index contributed by atoms with van der Waals surface area (Å²) in [7, 11) is 4.86. The summed E-state index contributed by atoms with van der Waals surface area (Å²) in [5, 5.41) is 0.